The largest absolute Gasteiger partial charge is 0.369 e. The molecule has 0 spiro atoms. The third-order valence-corrected chi connectivity index (χ3v) is 6.49. The molecule has 1 unspecified atom stereocenters. The molecule has 0 radical (unpaired) electrons. The summed E-state index contributed by atoms with van der Waals surface area (Å²) in [7, 11) is 0. The molecule has 2 amide bonds. The van der Waals surface area contributed by atoms with Gasteiger partial charge in [0.25, 0.3) is 11.5 Å². The third kappa shape index (κ3) is 3.95. The van der Waals surface area contributed by atoms with Crippen LogP contribution in [-0.2, 0) is 4.79 Å². The second kappa shape index (κ2) is 7.76. The van der Waals surface area contributed by atoms with Crippen molar-refractivity contribution >= 4 is 50.8 Å². The van der Waals surface area contributed by atoms with Crippen LogP contribution in [-0.4, -0.2) is 27.0 Å². The zero-order valence-electron chi connectivity index (χ0n) is 15.9. The Labute approximate surface area is 169 Å². The fourth-order valence-electron chi connectivity index (χ4n) is 2.76. The lowest BCUT2D eigenvalue weighted by atomic mass is 10.1. The Morgan fingerprint density at radius 2 is 2.00 bits per heavy atom. The Hall–Kier alpha value is -2.65. The number of amides is 2. The van der Waals surface area contributed by atoms with E-state index in [4.69, 9.17) is 5.73 Å². The van der Waals surface area contributed by atoms with Crippen LogP contribution in [0.2, 0.25) is 0 Å². The fraction of sp³-hybridized carbons (Fsp3) is 0.263. The van der Waals surface area contributed by atoms with E-state index in [1.54, 1.807) is 13.8 Å². The number of hydrogen-bond donors (Lipinski definition) is 3. The number of anilines is 1. The van der Waals surface area contributed by atoms with Gasteiger partial charge >= 0.3 is 0 Å². The predicted molar refractivity (Wildman–Crippen MR) is 113 cm³/mol. The first-order chi connectivity index (χ1) is 13.2. The van der Waals surface area contributed by atoms with Crippen LogP contribution in [0.1, 0.15) is 33.3 Å². The van der Waals surface area contributed by atoms with Gasteiger partial charge in [0.05, 0.1) is 15.5 Å². The maximum atomic E-state index is 12.8. The highest BCUT2D eigenvalue weighted by molar-refractivity contribution is 8.00. The van der Waals surface area contributed by atoms with E-state index in [1.165, 1.54) is 0 Å². The summed E-state index contributed by atoms with van der Waals surface area (Å²) in [6, 6.07) is 5.77. The number of carbonyl (C=O) groups is 2. The highest BCUT2D eigenvalue weighted by Gasteiger charge is 2.21. The van der Waals surface area contributed by atoms with Gasteiger partial charge in [0.2, 0.25) is 5.91 Å². The van der Waals surface area contributed by atoms with Gasteiger partial charge in [0.1, 0.15) is 4.83 Å². The normalized spacial score (nSPS) is 12.1. The molecule has 1 atom stereocenters. The maximum absolute atomic E-state index is 12.8. The molecule has 9 heteroatoms. The summed E-state index contributed by atoms with van der Waals surface area (Å²) in [5.41, 5.74) is 8.30. The number of H-pyrrole nitrogens is 1. The molecule has 2 aromatic heterocycles. The van der Waals surface area contributed by atoms with Crippen LogP contribution in [0.3, 0.4) is 0 Å². The number of thiophene rings is 1. The van der Waals surface area contributed by atoms with Crippen molar-refractivity contribution in [3.63, 3.8) is 0 Å². The summed E-state index contributed by atoms with van der Waals surface area (Å²) in [6.07, 6.45) is 0. The molecule has 3 aromatic rings. The van der Waals surface area contributed by atoms with Crippen molar-refractivity contribution in [2.24, 2.45) is 5.73 Å². The Morgan fingerprint density at radius 1 is 1.29 bits per heavy atom. The van der Waals surface area contributed by atoms with Gasteiger partial charge in [-0.3, -0.25) is 14.4 Å². The smallest absolute Gasteiger partial charge is 0.266 e. The van der Waals surface area contributed by atoms with E-state index in [-0.39, 0.29) is 11.5 Å². The molecule has 4 N–H and O–H groups in total. The van der Waals surface area contributed by atoms with Gasteiger partial charge in [-0.15, -0.1) is 11.3 Å². The highest BCUT2D eigenvalue weighted by atomic mass is 32.2. The van der Waals surface area contributed by atoms with Gasteiger partial charge < -0.3 is 16.0 Å². The monoisotopic (exact) mass is 416 g/mol. The van der Waals surface area contributed by atoms with Gasteiger partial charge in [0, 0.05) is 5.69 Å². The average Bonchev–Trinajstić information content (AvgIpc) is 2.94. The minimum Gasteiger partial charge on any atom is -0.369 e. The number of primary amides is 1. The van der Waals surface area contributed by atoms with E-state index in [9.17, 15) is 14.4 Å². The number of nitrogens with zero attached hydrogens (tertiary/aromatic N) is 1. The molecular formula is C19H20N4O3S2. The molecule has 3 rings (SSSR count). The molecule has 0 aliphatic carbocycles. The number of hydrogen-bond acceptors (Lipinski definition) is 6. The number of aromatic nitrogens is 2. The molecule has 0 saturated heterocycles. The van der Waals surface area contributed by atoms with E-state index < -0.39 is 11.2 Å². The zero-order chi connectivity index (χ0) is 20.6. The van der Waals surface area contributed by atoms with Crippen molar-refractivity contribution in [2.45, 2.75) is 38.1 Å². The van der Waals surface area contributed by atoms with Gasteiger partial charge in [-0.1, -0.05) is 29.5 Å². The van der Waals surface area contributed by atoms with Crippen LogP contribution in [0.25, 0.3) is 10.2 Å². The molecule has 0 aliphatic rings. The molecule has 0 fully saturated rings. The van der Waals surface area contributed by atoms with Gasteiger partial charge in [-0.2, -0.15) is 0 Å². The number of thioether (sulfide) groups is 1. The van der Waals surface area contributed by atoms with Crippen LogP contribution in [0.4, 0.5) is 5.69 Å². The second-order valence-electron chi connectivity index (χ2n) is 6.54. The lowest BCUT2D eigenvalue weighted by Gasteiger charge is -2.08. The maximum Gasteiger partial charge on any atom is 0.266 e. The average molecular weight is 417 g/mol. The summed E-state index contributed by atoms with van der Waals surface area (Å²) < 4.78 is 0. The molecule has 7 nitrogen and oxygen atoms in total. The molecular weight excluding hydrogens is 396 g/mol. The van der Waals surface area contributed by atoms with E-state index >= 15 is 0 Å². The van der Waals surface area contributed by atoms with E-state index in [0.717, 1.165) is 39.9 Å². The molecule has 0 saturated carbocycles. The summed E-state index contributed by atoms with van der Waals surface area (Å²) in [4.78, 5) is 44.5. The lowest BCUT2D eigenvalue weighted by Crippen LogP contribution is -2.23. The van der Waals surface area contributed by atoms with Crippen LogP contribution in [0.15, 0.2) is 28.2 Å². The van der Waals surface area contributed by atoms with Crippen molar-refractivity contribution in [2.75, 3.05) is 5.32 Å². The van der Waals surface area contributed by atoms with Gasteiger partial charge in [-0.05, 0) is 44.9 Å². The number of benzene rings is 1. The first-order valence-electron chi connectivity index (χ1n) is 8.55. The Balaban J connectivity index is 1.96. The molecule has 0 bridgehead atoms. The van der Waals surface area contributed by atoms with Crippen molar-refractivity contribution in [3.05, 3.63) is 50.1 Å². The van der Waals surface area contributed by atoms with Crippen molar-refractivity contribution in [1.29, 1.82) is 0 Å². The van der Waals surface area contributed by atoms with Gasteiger partial charge in [-0.25, -0.2) is 4.98 Å². The van der Waals surface area contributed by atoms with Crippen LogP contribution >= 0.6 is 23.1 Å². The zero-order valence-corrected chi connectivity index (χ0v) is 17.5. The van der Waals surface area contributed by atoms with Crippen LogP contribution in [0, 0.1) is 20.8 Å². The Kier molecular flexibility index (Phi) is 5.57. The number of aromatic amines is 1. The summed E-state index contributed by atoms with van der Waals surface area (Å²) in [5.74, 6) is -0.782. The number of nitrogens with one attached hydrogen (secondary N) is 2. The topological polar surface area (TPSA) is 118 Å². The molecule has 1 aromatic carbocycles. The van der Waals surface area contributed by atoms with E-state index in [0.29, 0.717) is 25.8 Å². The fourth-order valence-corrected chi connectivity index (χ4v) is 4.64. The standard InChI is InChI=1S/C19H20N4O3S2/c1-8-5-6-12(9(2)7-8)21-17(26)14-10(3)13-16(25)22-19(23-18(13)28-14)27-11(4)15(20)24/h5-7,11H,1-4H3,(H2,20,24)(H,21,26)(H,22,23,25). The minimum atomic E-state index is -0.533. The number of rotatable bonds is 5. The molecule has 2 heterocycles. The number of carbonyl (C=O) groups excluding carboxylic acids is 2. The number of fused-ring (bicyclic) bond motifs is 1. The number of aryl methyl sites for hydroxylation is 3. The van der Waals surface area contributed by atoms with Crippen molar-refractivity contribution in [3.8, 4) is 0 Å². The summed E-state index contributed by atoms with van der Waals surface area (Å²) >= 11 is 2.23. The third-order valence-electron chi connectivity index (χ3n) is 4.30. The Bertz CT molecular complexity index is 1150. The minimum absolute atomic E-state index is 0.286. The molecule has 28 heavy (non-hydrogen) atoms. The molecule has 146 valence electrons. The van der Waals surface area contributed by atoms with Crippen molar-refractivity contribution < 1.29 is 9.59 Å². The summed E-state index contributed by atoms with van der Waals surface area (Å²) in [6.45, 7) is 7.28. The summed E-state index contributed by atoms with van der Waals surface area (Å²) in [5, 5.41) is 3.05. The Morgan fingerprint density at radius 3 is 2.64 bits per heavy atom. The second-order valence-corrected chi connectivity index (χ2v) is 8.87. The first-order valence-corrected chi connectivity index (χ1v) is 10.2. The van der Waals surface area contributed by atoms with E-state index in [1.807, 2.05) is 32.0 Å². The molecule has 0 aliphatic heterocycles. The lowest BCUT2D eigenvalue weighted by molar-refractivity contribution is -0.117. The van der Waals surface area contributed by atoms with Crippen molar-refractivity contribution in [1.82, 2.24) is 9.97 Å². The highest BCUT2D eigenvalue weighted by Crippen LogP contribution is 2.30. The van der Waals surface area contributed by atoms with Crippen LogP contribution < -0.4 is 16.6 Å². The van der Waals surface area contributed by atoms with Crippen LogP contribution in [0.5, 0.6) is 0 Å². The van der Waals surface area contributed by atoms with E-state index in [2.05, 4.69) is 15.3 Å². The predicted octanol–water partition coefficient (Wildman–Crippen LogP) is 3.13. The number of nitrogens with two attached hydrogens (primary N) is 1. The SMILES string of the molecule is Cc1ccc(NC(=O)c2sc3nc(SC(C)C(N)=O)[nH]c(=O)c3c2C)c(C)c1. The quantitative estimate of drug-likeness (QED) is 0.436. The van der Waals surface area contributed by atoms with Gasteiger partial charge in [0.15, 0.2) is 5.16 Å². The first kappa shape index (κ1) is 20.1.